The molecule has 0 aliphatic heterocycles. The number of carbonyl (C=O) groups excluding carboxylic acids is 1. The van der Waals surface area contributed by atoms with Gasteiger partial charge in [0.2, 0.25) is 0 Å². The van der Waals surface area contributed by atoms with Crippen LogP contribution < -0.4 is 0 Å². The van der Waals surface area contributed by atoms with Crippen LogP contribution in [0.25, 0.3) is 0 Å². The molecule has 0 aliphatic rings. The van der Waals surface area contributed by atoms with Gasteiger partial charge in [-0.3, -0.25) is 9.59 Å². The Morgan fingerprint density at radius 1 is 1.41 bits per heavy atom. The molecule has 0 saturated heterocycles. The number of nitrogens with zero attached hydrogens (tertiary/aromatic N) is 1. The third-order valence-corrected chi connectivity index (χ3v) is 3.53. The summed E-state index contributed by atoms with van der Waals surface area (Å²) in [5.41, 5.74) is 1.04. The molecule has 5 heteroatoms. The highest BCUT2D eigenvalue weighted by Crippen LogP contribution is 2.19. The molecule has 1 aromatic rings. The number of amides is 1. The van der Waals surface area contributed by atoms with Gasteiger partial charge in [-0.15, -0.1) is 11.3 Å². The SMILES string of the molecule is CCc1ccsc1C(=O)N(CC)CCC(=O)O. The number of rotatable bonds is 6. The van der Waals surface area contributed by atoms with Gasteiger partial charge in [0.25, 0.3) is 5.91 Å². The van der Waals surface area contributed by atoms with Crippen LogP contribution in [0.4, 0.5) is 0 Å². The van der Waals surface area contributed by atoms with Crippen molar-refractivity contribution in [1.82, 2.24) is 4.90 Å². The molecule has 0 spiro atoms. The molecular weight excluding hydrogens is 238 g/mol. The number of carbonyl (C=O) groups is 2. The number of hydrogen-bond acceptors (Lipinski definition) is 3. The average molecular weight is 255 g/mol. The first-order chi connectivity index (χ1) is 8.10. The smallest absolute Gasteiger partial charge is 0.305 e. The van der Waals surface area contributed by atoms with Crippen molar-refractivity contribution >= 4 is 23.2 Å². The standard InChI is InChI=1S/C12H17NO3S/c1-3-9-6-8-17-11(9)12(16)13(4-2)7-5-10(14)15/h6,8H,3-5,7H2,1-2H3,(H,14,15). The summed E-state index contributed by atoms with van der Waals surface area (Å²) in [5, 5.41) is 10.5. The number of carboxylic acid groups (broad SMARTS) is 1. The summed E-state index contributed by atoms with van der Waals surface area (Å²) in [5.74, 6) is -0.932. The fraction of sp³-hybridized carbons (Fsp3) is 0.500. The van der Waals surface area contributed by atoms with Crippen molar-refractivity contribution in [2.24, 2.45) is 0 Å². The molecular formula is C12H17NO3S. The largest absolute Gasteiger partial charge is 0.481 e. The van der Waals surface area contributed by atoms with Crippen LogP contribution in [0.1, 0.15) is 35.5 Å². The molecule has 1 amide bonds. The van der Waals surface area contributed by atoms with E-state index in [4.69, 9.17) is 5.11 Å². The maximum atomic E-state index is 12.2. The van der Waals surface area contributed by atoms with Gasteiger partial charge in [0, 0.05) is 13.1 Å². The maximum absolute atomic E-state index is 12.2. The minimum absolute atomic E-state index is 0.00753. The van der Waals surface area contributed by atoms with Crippen LogP contribution in [0.5, 0.6) is 0 Å². The Labute approximate surface area is 105 Å². The number of aliphatic carboxylic acids is 1. The third-order valence-electron chi connectivity index (χ3n) is 2.59. The number of aryl methyl sites for hydroxylation is 1. The summed E-state index contributed by atoms with van der Waals surface area (Å²) >= 11 is 1.42. The van der Waals surface area contributed by atoms with Gasteiger partial charge in [-0.25, -0.2) is 0 Å². The summed E-state index contributed by atoms with van der Waals surface area (Å²) in [6, 6.07) is 1.95. The Morgan fingerprint density at radius 3 is 2.65 bits per heavy atom. The van der Waals surface area contributed by atoms with Crippen LogP contribution in [0, 0.1) is 0 Å². The molecule has 0 fully saturated rings. The van der Waals surface area contributed by atoms with E-state index in [9.17, 15) is 9.59 Å². The van der Waals surface area contributed by atoms with Gasteiger partial charge < -0.3 is 10.0 Å². The predicted octanol–water partition coefficient (Wildman–Crippen LogP) is 2.25. The molecule has 0 saturated carbocycles. The first-order valence-corrected chi connectivity index (χ1v) is 6.55. The van der Waals surface area contributed by atoms with Gasteiger partial charge >= 0.3 is 5.97 Å². The summed E-state index contributed by atoms with van der Waals surface area (Å²) in [6.07, 6.45) is 0.813. The summed E-state index contributed by atoms with van der Waals surface area (Å²) in [4.78, 5) is 25.0. The fourth-order valence-electron chi connectivity index (χ4n) is 1.58. The molecule has 17 heavy (non-hydrogen) atoms. The first-order valence-electron chi connectivity index (χ1n) is 5.67. The Bertz CT molecular complexity index is 400. The molecule has 0 unspecified atom stereocenters. The second-order valence-corrected chi connectivity index (χ2v) is 4.57. The van der Waals surface area contributed by atoms with Gasteiger partial charge in [-0.2, -0.15) is 0 Å². The van der Waals surface area contributed by atoms with Crippen LogP contribution in [-0.2, 0) is 11.2 Å². The van der Waals surface area contributed by atoms with Crippen molar-refractivity contribution in [2.75, 3.05) is 13.1 Å². The van der Waals surface area contributed by atoms with Crippen molar-refractivity contribution in [1.29, 1.82) is 0 Å². The van der Waals surface area contributed by atoms with E-state index in [1.54, 1.807) is 4.90 Å². The molecule has 0 radical (unpaired) electrons. The lowest BCUT2D eigenvalue weighted by molar-refractivity contribution is -0.137. The fourth-order valence-corrected chi connectivity index (χ4v) is 2.54. The van der Waals surface area contributed by atoms with Crippen LogP contribution in [0.2, 0.25) is 0 Å². The number of thiophene rings is 1. The zero-order chi connectivity index (χ0) is 12.8. The minimum Gasteiger partial charge on any atom is -0.481 e. The second kappa shape index (κ2) is 6.39. The highest BCUT2D eigenvalue weighted by atomic mass is 32.1. The highest BCUT2D eigenvalue weighted by molar-refractivity contribution is 7.12. The normalized spacial score (nSPS) is 10.2. The van der Waals surface area contributed by atoms with E-state index in [2.05, 4.69) is 0 Å². The number of carboxylic acids is 1. The molecule has 0 bridgehead atoms. The van der Waals surface area contributed by atoms with Gasteiger partial charge in [0.15, 0.2) is 0 Å². The predicted molar refractivity (Wildman–Crippen MR) is 67.5 cm³/mol. The minimum atomic E-state index is -0.877. The van der Waals surface area contributed by atoms with Gasteiger partial charge in [0.05, 0.1) is 11.3 Å². The zero-order valence-corrected chi connectivity index (χ0v) is 10.9. The topological polar surface area (TPSA) is 57.6 Å². The third kappa shape index (κ3) is 3.56. The van der Waals surface area contributed by atoms with E-state index in [1.165, 1.54) is 11.3 Å². The molecule has 4 nitrogen and oxygen atoms in total. The lowest BCUT2D eigenvalue weighted by atomic mass is 10.2. The highest BCUT2D eigenvalue weighted by Gasteiger charge is 2.18. The lowest BCUT2D eigenvalue weighted by Crippen LogP contribution is -2.32. The second-order valence-electron chi connectivity index (χ2n) is 3.66. The molecule has 1 N–H and O–H groups in total. The van der Waals surface area contributed by atoms with Crippen molar-refractivity contribution in [3.63, 3.8) is 0 Å². The van der Waals surface area contributed by atoms with Gasteiger partial charge in [-0.05, 0) is 30.4 Å². The van der Waals surface area contributed by atoms with Crippen molar-refractivity contribution in [3.05, 3.63) is 21.9 Å². The average Bonchev–Trinajstić information content (AvgIpc) is 2.77. The summed E-state index contributed by atoms with van der Waals surface area (Å²) in [6.45, 7) is 4.67. The zero-order valence-electron chi connectivity index (χ0n) is 10.1. The van der Waals surface area contributed by atoms with E-state index in [-0.39, 0.29) is 18.9 Å². The van der Waals surface area contributed by atoms with Crippen molar-refractivity contribution in [2.45, 2.75) is 26.7 Å². The molecule has 0 aliphatic carbocycles. The lowest BCUT2D eigenvalue weighted by Gasteiger charge is -2.19. The maximum Gasteiger partial charge on any atom is 0.305 e. The Kier molecular flexibility index (Phi) is 5.15. The van der Waals surface area contributed by atoms with Crippen molar-refractivity contribution in [3.8, 4) is 0 Å². The molecule has 1 heterocycles. The quantitative estimate of drug-likeness (QED) is 0.848. The first kappa shape index (κ1) is 13.7. The molecule has 1 aromatic heterocycles. The van der Waals surface area contributed by atoms with E-state index >= 15 is 0 Å². The number of hydrogen-bond donors (Lipinski definition) is 1. The van der Waals surface area contributed by atoms with Crippen LogP contribution >= 0.6 is 11.3 Å². The monoisotopic (exact) mass is 255 g/mol. The Hall–Kier alpha value is -1.36. The Morgan fingerprint density at radius 2 is 2.12 bits per heavy atom. The molecule has 1 rings (SSSR count). The van der Waals surface area contributed by atoms with E-state index in [1.807, 2.05) is 25.3 Å². The van der Waals surface area contributed by atoms with Crippen LogP contribution in [0.3, 0.4) is 0 Å². The van der Waals surface area contributed by atoms with Crippen LogP contribution in [-0.4, -0.2) is 35.0 Å². The molecule has 94 valence electrons. The molecule has 0 atom stereocenters. The van der Waals surface area contributed by atoms with Gasteiger partial charge in [0.1, 0.15) is 0 Å². The van der Waals surface area contributed by atoms with E-state index < -0.39 is 5.97 Å². The Balaban J connectivity index is 2.75. The van der Waals surface area contributed by atoms with E-state index in [0.29, 0.717) is 6.54 Å². The molecule has 0 aromatic carbocycles. The van der Waals surface area contributed by atoms with Gasteiger partial charge in [-0.1, -0.05) is 6.92 Å². The summed E-state index contributed by atoms with van der Waals surface area (Å²) < 4.78 is 0. The van der Waals surface area contributed by atoms with Crippen LogP contribution in [0.15, 0.2) is 11.4 Å². The van der Waals surface area contributed by atoms with E-state index in [0.717, 1.165) is 16.9 Å². The summed E-state index contributed by atoms with van der Waals surface area (Å²) in [7, 11) is 0. The van der Waals surface area contributed by atoms with Crippen molar-refractivity contribution < 1.29 is 14.7 Å².